The Kier molecular flexibility index (Phi) is 3.99. The minimum atomic E-state index is -0.234. The molecule has 26 heavy (non-hydrogen) atoms. The predicted octanol–water partition coefficient (Wildman–Crippen LogP) is 2.15. The van der Waals surface area contributed by atoms with E-state index in [0.29, 0.717) is 30.1 Å². The van der Waals surface area contributed by atoms with Gasteiger partial charge in [0.1, 0.15) is 12.7 Å². The molecule has 0 spiro atoms. The number of benzene rings is 1. The Morgan fingerprint density at radius 1 is 1.31 bits per heavy atom. The van der Waals surface area contributed by atoms with Crippen LogP contribution in [0.1, 0.15) is 21.7 Å². The molecular weight excluding hydrogens is 332 g/mol. The van der Waals surface area contributed by atoms with Crippen molar-refractivity contribution in [2.24, 2.45) is 7.05 Å². The fourth-order valence-corrected chi connectivity index (χ4v) is 3.21. The molecule has 1 N–H and O–H groups in total. The van der Waals surface area contributed by atoms with Crippen molar-refractivity contribution < 1.29 is 14.3 Å². The van der Waals surface area contributed by atoms with Crippen molar-refractivity contribution in [3.8, 4) is 11.5 Å². The summed E-state index contributed by atoms with van der Waals surface area (Å²) in [6.45, 7) is 4.50. The third kappa shape index (κ3) is 2.85. The normalized spacial score (nSPS) is 15.9. The van der Waals surface area contributed by atoms with Crippen molar-refractivity contribution in [2.45, 2.75) is 20.0 Å². The van der Waals surface area contributed by atoms with Gasteiger partial charge in [-0.2, -0.15) is 5.10 Å². The van der Waals surface area contributed by atoms with E-state index >= 15 is 0 Å². The molecule has 0 fully saturated rings. The van der Waals surface area contributed by atoms with Gasteiger partial charge < -0.3 is 14.8 Å². The number of aryl methyl sites for hydroxylation is 3. The predicted molar refractivity (Wildman–Crippen MR) is 96.7 cm³/mol. The number of hydrogen-bond donors (Lipinski definition) is 1. The van der Waals surface area contributed by atoms with Crippen LogP contribution in [0.25, 0.3) is 11.0 Å². The molecule has 2 aromatic heterocycles. The van der Waals surface area contributed by atoms with E-state index in [0.717, 1.165) is 22.5 Å². The van der Waals surface area contributed by atoms with Gasteiger partial charge in [-0.15, -0.1) is 0 Å². The Morgan fingerprint density at radius 2 is 2.08 bits per heavy atom. The van der Waals surface area contributed by atoms with Crippen LogP contribution in [-0.2, 0) is 7.05 Å². The molecule has 7 nitrogen and oxygen atoms in total. The molecule has 3 aromatic rings. The van der Waals surface area contributed by atoms with Crippen LogP contribution in [0.15, 0.2) is 30.3 Å². The van der Waals surface area contributed by atoms with E-state index in [9.17, 15) is 4.79 Å². The summed E-state index contributed by atoms with van der Waals surface area (Å²) >= 11 is 0. The number of fused-ring (bicyclic) bond motifs is 2. The van der Waals surface area contributed by atoms with Crippen molar-refractivity contribution >= 4 is 16.9 Å². The molecule has 0 radical (unpaired) electrons. The lowest BCUT2D eigenvalue weighted by Crippen LogP contribution is -2.40. The number of pyridine rings is 1. The summed E-state index contributed by atoms with van der Waals surface area (Å²) in [6, 6.07) is 9.31. The zero-order valence-electron chi connectivity index (χ0n) is 14.9. The van der Waals surface area contributed by atoms with Crippen molar-refractivity contribution in [1.29, 1.82) is 0 Å². The first kappa shape index (κ1) is 16.4. The van der Waals surface area contributed by atoms with Crippen molar-refractivity contribution in [2.75, 3.05) is 13.2 Å². The molecule has 1 atom stereocenters. The lowest BCUT2D eigenvalue weighted by molar-refractivity contribution is 0.0790. The van der Waals surface area contributed by atoms with E-state index in [1.54, 1.807) is 10.7 Å². The molecule has 4 rings (SSSR count). The van der Waals surface area contributed by atoms with Crippen LogP contribution in [0.3, 0.4) is 0 Å². The average Bonchev–Trinajstić information content (AvgIpc) is 2.92. The zero-order valence-corrected chi connectivity index (χ0v) is 14.9. The largest absolute Gasteiger partial charge is 0.486 e. The van der Waals surface area contributed by atoms with E-state index in [1.807, 2.05) is 45.2 Å². The van der Waals surface area contributed by atoms with Gasteiger partial charge in [0.2, 0.25) is 0 Å². The van der Waals surface area contributed by atoms with E-state index in [2.05, 4.69) is 15.4 Å². The maximum Gasteiger partial charge on any atom is 0.252 e. The summed E-state index contributed by atoms with van der Waals surface area (Å²) in [5.41, 5.74) is 2.84. The Morgan fingerprint density at radius 3 is 2.88 bits per heavy atom. The summed E-state index contributed by atoms with van der Waals surface area (Å²) in [4.78, 5) is 17.3. The van der Waals surface area contributed by atoms with Gasteiger partial charge in [0.05, 0.1) is 23.2 Å². The first-order valence-electron chi connectivity index (χ1n) is 8.50. The van der Waals surface area contributed by atoms with Crippen LogP contribution < -0.4 is 14.8 Å². The molecule has 0 aliphatic carbocycles. The lowest BCUT2D eigenvalue weighted by atomic mass is 10.1. The Hall–Kier alpha value is -3.09. The number of ether oxygens (including phenoxy) is 2. The number of nitrogens with zero attached hydrogens (tertiary/aromatic N) is 3. The van der Waals surface area contributed by atoms with Gasteiger partial charge in [-0.05, 0) is 32.0 Å². The Labute approximate surface area is 150 Å². The van der Waals surface area contributed by atoms with Gasteiger partial charge in [-0.3, -0.25) is 9.48 Å². The Bertz CT molecular complexity index is 996. The van der Waals surface area contributed by atoms with E-state index in [4.69, 9.17) is 9.47 Å². The molecule has 1 aliphatic rings. The number of amides is 1. The molecule has 1 aromatic carbocycles. The zero-order chi connectivity index (χ0) is 18.3. The van der Waals surface area contributed by atoms with Crippen molar-refractivity contribution in [3.63, 3.8) is 0 Å². The highest BCUT2D eigenvalue weighted by Crippen LogP contribution is 2.30. The third-order valence-electron chi connectivity index (χ3n) is 4.40. The summed E-state index contributed by atoms with van der Waals surface area (Å²) in [7, 11) is 1.83. The fraction of sp³-hybridized carbons (Fsp3) is 0.316. The monoisotopic (exact) mass is 352 g/mol. The fourth-order valence-electron chi connectivity index (χ4n) is 3.21. The van der Waals surface area contributed by atoms with Gasteiger partial charge in [0, 0.05) is 12.7 Å². The summed E-state index contributed by atoms with van der Waals surface area (Å²) in [5.74, 6) is 1.26. The molecule has 0 unspecified atom stereocenters. The van der Waals surface area contributed by atoms with Crippen LogP contribution in [-0.4, -0.2) is 39.9 Å². The van der Waals surface area contributed by atoms with Crippen molar-refractivity contribution in [1.82, 2.24) is 20.1 Å². The average molecular weight is 352 g/mol. The molecule has 0 saturated heterocycles. The number of carbonyl (C=O) groups is 1. The van der Waals surface area contributed by atoms with Gasteiger partial charge in [-0.1, -0.05) is 12.1 Å². The number of para-hydroxylation sites is 2. The van der Waals surface area contributed by atoms with Crippen LogP contribution in [0.2, 0.25) is 0 Å². The quantitative estimate of drug-likeness (QED) is 0.781. The molecule has 134 valence electrons. The number of hydrogen-bond acceptors (Lipinski definition) is 5. The minimum Gasteiger partial charge on any atom is -0.486 e. The molecular formula is C19H20N4O3. The first-order valence-corrected chi connectivity index (χ1v) is 8.50. The standard InChI is InChI=1S/C19H20N4O3/c1-11-8-14(17-12(2)22-23(3)18(17)21-11)19(24)20-9-13-10-25-15-6-4-5-7-16(15)26-13/h4-8,13H,9-10H2,1-3H3,(H,20,24)/t13-/m0/s1. The van der Waals surface area contributed by atoms with E-state index in [1.165, 1.54) is 0 Å². The lowest BCUT2D eigenvalue weighted by Gasteiger charge is -2.26. The molecule has 3 heterocycles. The van der Waals surface area contributed by atoms with Gasteiger partial charge in [-0.25, -0.2) is 4.98 Å². The number of nitrogens with one attached hydrogen (secondary N) is 1. The molecule has 1 amide bonds. The summed E-state index contributed by atoms with van der Waals surface area (Å²) in [6.07, 6.45) is -0.234. The molecule has 0 saturated carbocycles. The third-order valence-corrected chi connectivity index (χ3v) is 4.40. The minimum absolute atomic E-state index is 0.168. The maximum atomic E-state index is 12.8. The van der Waals surface area contributed by atoms with Crippen molar-refractivity contribution in [3.05, 3.63) is 47.3 Å². The van der Waals surface area contributed by atoms with Crippen LogP contribution >= 0.6 is 0 Å². The molecule has 1 aliphatic heterocycles. The van der Waals surface area contributed by atoms with Gasteiger partial charge in [0.25, 0.3) is 5.91 Å². The van der Waals surface area contributed by atoms with E-state index in [-0.39, 0.29) is 12.0 Å². The second-order valence-electron chi connectivity index (χ2n) is 6.43. The number of aromatic nitrogens is 3. The van der Waals surface area contributed by atoms with Crippen LogP contribution in [0.5, 0.6) is 11.5 Å². The topological polar surface area (TPSA) is 78.3 Å². The van der Waals surface area contributed by atoms with Gasteiger partial charge in [0.15, 0.2) is 17.1 Å². The summed E-state index contributed by atoms with van der Waals surface area (Å²) < 4.78 is 13.3. The van der Waals surface area contributed by atoms with E-state index < -0.39 is 0 Å². The summed E-state index contributed by atoms with van der Waals surface area (Å²) in [5, 5.41) is 8.10. The second-order valence-corrected chi connectivity index (χ2v) is 6.43. The first-order chi connectivity index (χ1) is 12.5. The smallest absolute Gasteiger partial charge is 0.252 e. The van der Waals surface area contributed by atoms with Crippen LogP contribution in [0.4, 0.5) is 0 Å². The van der Waals surface area contributed by atoms with Gasteiger partial charge >= 0.3 is 0 Å². The number of rotatable bonds is 3. The molecule has 0 bridgehead atoms. The Balaban J connectivity index is 1.52. The highest BCUT2D eigenvalue weighted by atomic mass is 16.6. The highest BCUT2D eigenvalue weighted by molar-refractivity contribution is 6.06. The highest BCUT2D eigenvalue weighted by Gasteiger charge is 2.23. The second kappa shape index (κ2) is 6.33. The maximum absolute atomic E-state index is 12.8. The molecule has 7 heteroatoms. The van der Waals surface area contributed by atoms with Crippen LogP contribution in [0, 0.1) is 13.8 Å². The number of carbonyl (C=O) groups excluding carboxylic acids is 1. The SMILES string of the molecule is Cc1cc(C(=O)NC[C@H]2COc3ccccc3O2)c2c(C)nn(C)c2n1.